The molecule has 0 unspecified atom stereocenters. The lowest BCUT2D eigenvalue weighted by Crippen LogP contribution is -2.35. The molecule has 0 radical (unpaired) electrons. The van der Waals surface area contributed by atoms with E-state index in [9.17, 15) is 19.7 Å². The van der Waals surface area contributed by atoms with E-state index in [0.29, 0.717) is 11.3 Å². The predicted molar refractivity (Wildman–Crippen MR) is 92.3 cm³/mol. The Bertz CT molecular complexity index is 904. The zero-order valence-corrected chi connectivity index (χ0v) is 13.0. The number of nitro benzene ring substituents is 1. The maximum Gasteiger partial charge on any atom is 0.282 e. The summed E-state index contributed by atoms with van der Waals surface area (Å²) < 4.78 is 0. The Morgan fingerprint density at radius 3 is 2.52 bits per heavy atom. The zero-order valence-electron chi connectivity index (χ0n) is 13.0. The monoisotopic (exact) mass is 335 g/mol. The van der Waals surface area contributed by atoms with Gasteiger partial charge in [0.05, 0.1) is 10.6 Å². The molecule has 0 aromatic heterocycles. The number of amides is 2. The maximum atomic E-state index is 12.4. The second-order valence-electron chi connectivity index (χ2n) is 5.21. The number of nitrogens with one attached hydrogen (secondary N) is 1. The van der Waals surface area contributed by atoms with E-state index in [4.69, 9.17) is 0 Å². The summed E-state index contributed by atoms with van der Waals surface area (Å²) in [6.07, 6.45) is 4.49. The van der Waals surface area contributed by atoms with Crippen molar-refractivity contribution >= 4 is 29.3 Å². The Balaban J connectivity index is 1.79. The van der Waals surface area contributed by atoms with Crippen molar-refractivity contribution in [2.75, 3.05) is 5.01 Å². The summed E-state index contributed by atoms with van der Waals surface area (Å²) in [6, 6.07) is 14.8. The Morgan fingerprint density at radius 2 is 1.80 bits per heavy atom. The maximum absolute atomic E-state index is 12.4. The predicted octanol–water partition coefficient (Wildman–Crippen LogP) is 2.61. The number of allylic oxidation sites excluding steroid dienone is 2. The number of nitro groups is 1. The van der Waals surface area contributed by atoms with Crippen LogP contribution in [0, 0.1) is 10.1 Å². The van der Waals surface area contributed by atoms with E-state index in [2.05, 4.69) is 5.43 Å². The van der Waals surface area contributed by atoms with Crippen molar-refractivity contribution in [1.82, 2.24) is 5.43 Å². The summed E-state index contributed by atoms with van der Waals surface area (Å²) in [4.78, 5) is 34.6. The van der Waals surface area contributed by atoms with Crippen molar-refractivity contribution < 1.29 is 14.5 Å². The number of hydrazine groups is 1. The number of hydrogen-bond acceptors (Lipinski definition) is 4. The standard InChI is InChI=1S/C18H13N3O4/c22-17-16(18(23)20(19-17)14-8-2-1-3-9-14)11-5-7-13-6-4-10-15(12-13)21(24)25/h1-12H,(H,19,22)/b7-5+,16-11-. The average Bonchev–Trinajstić information content (AvgIpc) is 2.91. The van der Waals surface area contributed by atoms with Gasteiger partial charge in [0.25, 0.3) is 17.5 Å². The quantitative estimate of drug-likeness (QED) is 0.402. The van der Waals surface area contributed by atoms with Crippen molar-refractivity contribution in [2.24, 2.45) is 0 Å². The van der Waals surface area contributed by atoms with E-state index in [1.165, 1.54) is 29.3 Å². The number of para-hydroxylation sites is 1. The highest BCUT2D eigenvalue weighted by Gasteiger charge is 2.33. The first-order valence-corrected chi connectivity index (χ1v) is 7.39. The van der Waals surface area contributed by atoms with Crippen LogP contribution in [0.3, 0.4) is 0 Å². The highest BCUT2D eigenvalue weighted by molar-refractivity contribution is 6.29. The lowest BCUT2D eigenvalue weighted by Gasteiger charge is -2.13. The molecule has 1 aliphatic rings. The lowest BCUT2D eigenvalue weighted by molar-refractivity contribution is -0.384. The molecular weight excluding hydrogens is 322 g/mol. The van der Waals surface area contributed by atoms with Gasteiger partial charge in [-0.2, -0.15) is 0 Å². The van der Waals surface area contributed by atoms with Gasteiger partial charge in [0.1, 0.15) is 5.57 Å². The largest absolute Gasteiger partial charge is 0.282 e. The molecule has 0 atom stereocenters. The SMILES string of the molecule is O=C1NN(c2ccccc2)C(=O)/C1=C\C=C\c1cccc([N+](=O)[O-])c1. The molecule has 1 saturated heterocycles. The summed E-state index contributed by atoms with van der Waals surface area (Å²) >= 11 is 0. The third-order valence-electron chi connectivity index (χ3n) is 3.54. The van der Waals surface area contributed by atoms with Gasteiger partial charge in [-0.05, 0) is 23.8 Å². The van der Waals surface area contributed by atoms with Crippen molar-refractivity contribution in [1.29, 1.82) is 0 Å². The molecule has 2 amide bonds. The fourth-order valence-electron chi connectivity index (χ4n) is 2.33. The van der Waals surface area contributed by atoms with Crippen LogP contribution in [-0.4, -0.2) is 16.7 Å². The number of hydrogen-bond donors (Lipinski definition) is 1. The van der Waals surface area contributed by atoms with Crippen LogP contribution >= 0.6 is 0 Å². The highest BCUT2D eigenvalue weighted by atomic mass is 16.6. The van der Waals surface area contributed by atoms with Crippen LogP contribution in [0.5, 0.6) is 0 Å². The van der Waals surface area contributed by atoms with Crippen molar-refractivity contribution in [3.63, 3.8) is 0 Å². The average molecular weight is 335 g/mol. The van der Waals surface area contributed by atoms with E-state index in [0.717, 1.165) is 0 Å². The lowest BCUT2D eigenvalue weighted by atomic mass is 10.1. The Kier molecular flexibility index (Phi) is 4.38. The van der Waals surface area contributed by atoms with Gasteiger partial charge in [0, 0.05) is 12.1 Å². The molecule has 3 rings (SSSR count). The molecule has 0 bridgehead atoms. The molecule has 25 heavy (non-hydrogen) atoms. The van der Waals surface area contributed by atoms with Gasteiger partial charge in [-0.15, -0.1) is 0 Å². The molecule has 1 aliphatic heterocycles. The van der Waals surface area contributed by atoms with E-state index < -0.39 is 16.7 Å². The molecule has 7 nitrogen and oxygen atoms in total. The Hall–Kier alpha value is -3.74. The number of rotatable bonds is 4. The minimum atomic E-state index is -0.502. The third-order valence-corrected chi connectivity index (χ3v) is 3.54. The molecule has 0 spiro atoms. The van der Waals surface area contributed by atoms with Crippen LogP contribution in [-0.2, 0) is 9.59 Å². The van der Waals surface area contributed by atoms with Gasteiger partial charge in [-0.1, -0.05) is 42.5 Å². The third kappa shape index (κ3) is 3.45. The molecule has 1 heterocycles. The fourth-order valence-corrected chi connectivity index (χ4v) is 2.33. The van der Waals surface area contributed by atoms with E-state index in [1.54, 1.807) is 42.5 Å². The Morgan fingerprint density at radius 1 is 1.04 bits per heavy atom. The molecule has 7 heteroatoms. The smallest absolute Gasteiger partial charge is 0.267 e. The number of benzene rings is 2. The van der Waals surface area contributed by atoms with Gasteiger partial charge in [0.2, 0.25) is 0 Å². The zero-order chi connectivity index (χ0) is 17.8. The fraction of sp³-hybridized carbons (Fsp3) is 0. The topological polar surface area (TPSA) is 92.6 Å². The van der Waals surface area contributed by atoms with Crippen LogP contribution in [0.1, 0.15) is 5.56 Å². The van der Waals surface area contributed by atoms with Gasteiger partial charge in [-0.25, -0.2) is 5.01 Å². The number of carbonyl (C=O) groups excluding carboxylic acids is 2. The van der Waals surface area contributed by atoms with Crippen molar-refractivity contribution in [3.8, 4) is 0 Å². The Labute approximate surface area is 143 Å². The minimum absolute atomic E-state index is 0.00876. The van der Waals surface area contributed by atoms with Crippen LogP contribution < -0.4 is 10.4 Å². The highest BCUT2D eigenvalue weighted by Crippen LogP contribution is 2.19. The number of carbonyl (C=O) groups is 2. The van der Waals surface area contributed by atoms with Gasteiger partial charge >= 0.3 is 0 Å². The second kappa shape index (κ2) is 6.79. The summed E-state index contributed by atoms with van der Waals surface area (Å²) in [5, 5.41) is 11.9. The van der Waals surface area contributed by atoms with Crippen LogP contribution in [0.15, 0.2) is 72.3 Å². The van der Waals surface area contributed by atoms with Crippen molar-refractivity contribution in [2.45, 2.75) is 0 Å². The first-order chi connectivity index (χ1) is 12.1. The molecular formula is C18H13N3O4. The molecule has 2 aromatic carbocycles. The van der Waals surface area contributed by atoms with Gasteiger partial charge < -0.3 is 0 Å². The summed E-state index contributed by atoms with van der Waals surface area (Å²) in [5.41, 5.74) is 3.62. The minimum Gasteiger partial charge on any atom is -0.267 e. The molecule has 0 aliphatic carbocycles. The number of nitrogens with zero attached hydrogens (tertiary/aromatic N) is 2. The molecule has 1 N–H and O–H groups in total. The first kappa shape index (κ1) is 16.1. The van der Waals surface area contributed by atoms with Gasteiger partial charge in [0.15, 0.2) is 0 Å². The molecule has 0 saturated carbocycles. The number of anilines is 1. The number of non-ortho nitro benzene ring substituents is 1. The van der Waals surface area contributed by atoms with Crippen LogP contribution in [0.4, 0.5) is 11.4 Å². The summed E-state index contributed by atoms with van der Waals surface area (Å²) in [6.45, 7) is 0. The van der Waals surface area contributed by atoms with E-state index >= 15 is 0 Å². The summed E-state index contributed by atoms with van der Waals surface area (Å²) in [7, 11) is 0. The van der Waals surface area contributed by atoms with E-state index in [-0.39, 0.29) is 11.3 Å². The van der Waals surface area contributed by atoms with Gasteiger partial charge in [-0.3, -0.25) is 25.1 Å². The van der Waals surface area contributed by atoms with Crippen LogP contribution in [0.2, 0.25) is 0 Å². The normalized spacial score (nSPS) is 15.8. The second-order valence-corrected chi connectivity index (χ2v) is 5.21. The molecule has 1 fully saturated rings. The van der Waals surface area contributed by atoms with Crippen LogP contribution in [0.25, 0.3) is 6.08 Å². The summed E-state index contributed by atoms with van der Waals surface area (Å²) in [5.74, 6) is -0.961. The van der Waals surface area contributed by atoms with Crippen molar-refractivity contribution in [3.05, 3.63) is 88.0 Å². The first-order valence-electron chi connectivity index (χ1n) is 7.39. The van der Waals surface area contributed by atoms with E-state index in [1.807, 2.05) is 6.07 Å². The molecule has 2 aromatic rings. The molecule has 124 valence electrons.